The quantitative estimate of drug-likeness (QED) is 0.683. The minimum atomic E-state index is -0.191. The van der Waals surface area contributed by atoms with Crippen molar-refractivity contribution < 1.29 is 4.79 Å². The van der Waals surface area contributed by atoms with E-state index in [4.69, 9.17) is 11.6 Å². The lowest BCUT2D eigenvalue weighted by molar-refractivity contribution is 0.102. The van der Waals surface area contributed by atoms with Crippen LogP contribution in [0, 0.1) is 0 Å². The lowest BCUT2D eigenvalue weighted by atomic mass is 10.2. The van der Waals surface area contributed by atoms with Gasteiger partial charge in [-0.1, -0.05) is 29.8 Å². The zero-order valence-corrected chi connectivity index (χ0v) is 12.6. The Bertz CT molecular complexity index is 764. The van der Waals surface area contributed by atoms with E-state index < -0.39 is 0 Å². The highest BCUT2D eigenvalue weighted by Gasteiger charge is 2.11. The number of anilines is 1. The van der Waals surface area contributed by atoms with Gasteiger partial charge in [-0.3, -0.25) is 4.79 Å². The van der Waals surface area contributed by atoms with Gasteiger partial charge in [0.25, 0.3) is 5.91 Å². The lowest BCUT2D eigenvalue weighted by Crippen LogP contribution is -2.12. The summed E-state index contributed by atoms with van der Waals surface area (Å²) < 4.78 is 0.745. The molecular weight excluding hydrogens is 340 g/mol. The Balaban J connectivity index is 1.89. The fourth-order valence-corrected chi connectivity index (χ4v) is 2.76. The first-order valence-electron chi connectivity index (χ1n) is 5.97. The average molecular weight is 350 g/mol. The predicted molar refractivity (Wildman–Crippen MR) is 85.4 cm³/mol. The van der Waals surface area contributed by atoms with E-state index in [1.165, 1.54) is 0 Å². The Hall–Kier alpha value is -1.78. The van der Waals surface area contributed by atoms with Crippen LogP contribution in [0.3, 0.4) is 0 Å². The smallest absolute Gasteiger partial charge is 0.272 e. The summed E-state index contributed by atoms with van der Waals surface area (Å²) in [6.07, 6.45) is 0. The van der Waals surface area contributed by atoms with E-state index in [0.717, 1.165) is 15.4 Å². The standard InChI is InChI=1S/C15H10BrClN2O/c16-11-8-10(17)5-6-13(11)19-15(20)14-7-9-3-1-2-4-12(9)18-14/h1-8,18H,(H,19,20). The maximum absolute atomic E-state index is 12.2. The van der Waals surface area contributed by atoms with Crippen molar-refractivity contribution in [3.63, 3.8) is 0 Å². The molecule has 3 aromatic rings. The molecule has 1 aromatic heterocycles. The van der Waals surface area contributed by atoms with Crippen molar-refractivity contribution in [1.29, 1.82) is 0 Å². The number of para-hydroxylation sites is 1. The van der Waals surface area contributed by atoms with Crippen LogP contribution in [-0.4, -0.2) is 10.9 Å². The van der Waals surface area contributed by atoms with Gasteiger partial charge in [-0.25, -0.2) is 0 Å². The molecule has 0 atom stereocenters. The van der Waals surface area contributed by atoms with E-state index in [2.05, 4.69) is 26.2 Å². The van der Waals surface area contributed by atoms with Crippen LogP contribution in [0.2, 0.25) is 5.02 Å². The van der Waals surface area contributed by atoms with Crippen molar-refractivity contribution in [3.05, 3.63) is 63.7 Å². The fraction of sp³-hybridized carbons (Fsp3) is 0. The summed E-state index contributed by atoms with van der Waals surface area (Å²) in [7, 11) is 0. The van der Waals surface area contributed by atoms with Crippen molar-refractivity contribution in [3.8, 4) is 0 Å². The third-order valence-electron chi connectivity index (χ3n) is 2.95. The topological polar surface area (TPSA) is 44.9 Å². The molecule has 100 valence electrons. The fourth-order valence-electron chi connectivity index (χ4n) is 1.98. The summed E-state index contributed by atoms with van der Waals surface area (Å²) in [5, 5.41) is 4.46. The van der Waals surface area contributed by atoms with Crippen LogP contribution in [0.1, 0.15) is 10.5 Å². The van der Waals surface area contributed by atoms with Gasteiger partial charge in [-0.15, -0.1) is 0 Å². The first kappa shape index (κ1) is 13.2. The molecule has 2 N–H and O–H groups in total. The van der Waals surface area contributed by atoms with Crippen LogP contribution in [0.15, 0.2) is 53.0 Å². The van der Waals surface area contributed by atoms with E-state index in [1.807, 2.05) is 30.3 Å². The summed E-state index contributed by atoms with van der Waals surface area (Å²) in [5.74, 6) is -0.191. The van der Waals surface area contributed by atoms with Crippen molar-refractivity contribution in [1.82, 2.24) is 4.98 Å². The van der Waals surface area contributed by atoms with E-state index in [9.17, 15) is 4.79 Å². The monoisotopic (exact) mass is 348 g/mol. The van der Waals surface area contributed by atoms with Crippen LogP contribution in [0.5, 0.6) is 0 Å². The van der Waals surface area contributed by atoms with Crippen LogP contribution < -0.4 is 5.32 Å². The van der Waals surface area contributed by atoms with Gasteiger partial charge >= 0.3 is 0 Å². The van der Waals surface area contributed by atoms with E-state index in [0.29, 0.717) is 16.4 Å². The summed E-state index contributed by atoms with van der Waals surface area (Å²) in [6, 6.07) is 14.8. The molecule has 0 saturated carbocycles. The number of hydrogen-bond acceptors (Lipinski definition) is 1. The number of carbonyl (C=O) groups is 1. The number of amides is 1. The van der Waals surface area contributed by atoms with E-state index in [-0.39, 0.29) is 5.91 Å². The van der Waals surface area contributed by atoms with Gasteiger partial charge in [0.2, 0.25) is 0 Å². The Kier molecular flexibility index (Phi) is 3.51. The number of aromatic nitrogens is 1. The highest BCUT2D eigenvalue weighted by molar-refractivity contribution is 9.10. The van der Waals surface area contributed by atoms with Crippen molar-refractivity contribution in [2.45, 2.75) is 0 Å². The second-order valence-electron chi connectivity index (χ2n) is 4.35. The first-order chi connectivity index (χ1) is 9.63. The number of H-pyrrole nitrogens is 1. The van der Waals surface area contributed by atoms with E-state index >= 15 is 0 Å². The van der Waals surface area contributed by atoms with Crippen LogP contribution in [0.25, 0.3) is 10.9 Å². The Morgan fingerprint density at radius 3 is 2.70 bits per heavy atom. The van der Waals surface area contributed by atoms with Gasteiger partial charge in [0, 0.05) is 20.4 Å². The second kappa shape index (κ2) is 5.31. The number of hydrogen-bond donors (Lipinski definition) is 2. The molecule has 5 heteroatoms. The molecule has 0 bridgehead atoms. The molecule has 3 nitrogen and oxygen atoms in total. The number of rotatable bonds is 2. The van der Waals surface area contributed by atoms with Gasteiger partial charge in [0.15, 0.2) is 0 Å². The normalized spacial score (nSPS) is 10.7. The lowest BCUT2D eigenvalue weighted by Gasteiger charge is -2.06. The number of fused-ring (bicyclic) bond motifs is 1. The SMILES string of the molecule is O=C(Nc1ccc(Cl)cc1Br)c1cc2ccccc2[nH]1. The van der Waals surface area contributed by atoms with Gasteiger partial charge in [0.1, 0.15) is 5.69 Å². The Morgan fingerprint density at radius 1 is 1.15 bits per heavy atom. The molecule has 0 aliphatic rings. The second-order valence-corrected chi connectivity index (χ2v) is 5.64. The Morgan fingerprint density at radius 2 is 1.95 bits per heavy atom. The highest BCUT2D eigenvalue weighted by atomic mass is 79.9. The maximum atomic E-state index is 12.2. The van der Waals surface area contributed by atoms with Crippen LogP contribution >= 0.6 is 27.5 Å². The summed E-state index contributed by atoms with van der Waals surface area (Å²) in [5.41, 5.74) is 2.14. The molecule has 0 aliphatic carbocycles. The highest BCUT2D eigenvalue weighted by Crippen LogP contribution is 2.26. The van der Waals surface area contributed by atoms with Gasteiger partial charge in [-0.2, -0.15) is 0 Å². The molecule has 0 fully saturated rings. The minimum Gasteiger partial charge on any atom is -0.351 e. The molecule has 0 unspecified atom stereocenters. The number of aromatic amines is 1. The number of halogens is 2. The molecule has 0 radical (unpaired) electrons. The predicted octanol–water partition coefficient (Wildman–Crippen LogP) is 4.84. The first-order valence-corrected chi connectivity index (χ1v) is 7.15. The summed E-state index contributed by atoms with van der Waals surface area (Å²) in [6.45, 7) is 0. The average Bonchev–Trinajstić information content (AvgIpc) is 2.86. The molecule has 2 aromatic carbocycles. The molecule has 0 aliphatic heterocycles. The zero-order valence-electron chi connectivity index (χ0n) is 10.3. The minimum absolute atomic E-state index is 0.191. The molecule has 1 heterocycles. The third-order valence-corrected chi connectivity index (χ3v) is 3.85. The van der Waals surface area contributed by atoms with Gasteiger partial charge < -0.3 is 10.3 Å². The maximum Gasteiger partial charge on any atom is 0.272 e. The largest absolute Gasteiger partial charge is 0.351 e. The van der Waals surface area contributed by atoms with Crippen molar-refractivity contribution in [2.24, 2.45) is 0 Å². The van der Waals surface area contributed by atoms with Gasteiger partial charge in [0.05, 0.1) is 5.69 Å². The molecule has 3 rings (SSSR count). The molecule has 0 saturated heterocycles. The number of nitrogens with one attached hydrogen (secondary N) is 2. The number of carbonyl (C=O) groups excluding carboxylic acids is 1. The van der Waals surface area contributed by atoms with Gasteiger partial charge in [-0.05, 0) is 46.3 Å². The number of benzene rings is 2. The summed E-state index contributed by atoms with van der Waals surface area (Å²) in [4.78, 5) is 15.3. The van der Waals surface area contributed by atoms with E-state index in [1.54, 1.807) is 18.2 Å². The summed E-state index contributed by atoms with van der Waals surface area (Å²) >= 11 is 9.25. The van der Waals surface area contributed by atoms with Crippen LogP contribution in [0.4, 0.5) is 5.69 Å². The van der Waals surface area contributed by atoms with Crippen molar-refractivity contribution >= 4 is 50.0 Å². The molecule has 20 heavy (non-hydrogen) atoms. The molecule has 0 spiro atoms. The molecule has 1 amide bonds. The third kappa shape index (κ3) is 2.57. The van der Waals surface area contributed by atoms with Crippen molar-refractivity contribution in [2.75, 3.05) is 5.32 Å². The Labute approximate surface area is 129 Å². The molecular formula is C15H10BrClN2O. The van der Waals surface area contributed by atoms with Crippen LogP contribution in [-0.2, 0) is 0 Å². The zero-order chi connectivity index (χ0) is 14.1.